The molecule has 0 fully saturated rings. The summed E-state index contributed by atoms with van der Waals surface area (Å²) in [7, 11) is 1.61. The Morgan fingerprint density at radius 3 is 2.91 bits per heavy atom. The largest absolute Gasteiger partial charge is 0.504 e. The molecule has 2 N–H and O–H groups in total. The van der Waals surface area contributed by atoms with E-state index >= 15 is 0 Å². The second kappa shape index (κ2) is 4.91. The molecule has 114 valence electrons. The highest BCUT2D eigenvalue weighted by Gasteiger charge is 2.29. The zero-order chi connectivity index (χ0) is 16.0. The topological polar surface area (TPSA) is 71.6 Å². The maximum atomic E-state index is 12.4. The number of phenolic OH excluding ortho intramolecular Hbond substituents is 1. The predicted molar refractivity (Wildman–Crippen MR) is 85.9 cm³/mol. The lowest BCUT2D eigenvalue weighted by Gasteiger charge is -2.01. The van der Waals surface area contributed by atoms with Crippen LogP contribution in [0, 0.1) is 0 Å². The lowest BCUT2D eigenvalue weighted by Crippen LogP contribution is -1.97. The second-order valence-corrected chi connectivity index (χ2v) is 5.25. The summed E-state index contributed by atoms with van der Waals surface area (Å²) in [6.07, 6.45) is 3.47. The molecule has 2 aromatic carbocycles. The van der Waals surface area contributed by atoms with Crippen LogP contribution in [0.3, 0.4) is 0 Å². The molecule has 0 radical (unpaired) electrons. The Morgan fingerprint density at radius 2 is 2.13 bits per heavy atom. The maximum Gasteiger partial charge on any atom is 0.232 e. The number of hydrogen-bond acceptors (Lipinski definition) is 4. The molecule has 0 saturated heterocycles. The Kier molecular flexibility index (Phi) is 2.87. The molecule has 0 spiro atoms. The number of Topliss-reactive ketones (excluding diaryl/α,β-unsaturated/α-hetero) is 1. The quantitative estimate of drug-likeness (QED) is 0.711. The number of nitrogens with one attached hydrogen (secondary N) is 1. The predicted octanol–water partition coefficient (Wildman–Crippen LogP) is 3.50. The van der Waals surface area contributed by atoms with Gasteiger partial charge in [-0.1, -0.05) is 6.07 Å². The monoisotopic (exact) mass is 307 g/mol. The van der Waals surface area contributed by atoms with E-state index in [2.05, 4.69) is 4.98 Å². The van der Waals surface area contributed by atoms with E-state index in [1.165, 1.54) is 6.07 Å². The summed E-state index contributed by atoms with van der Waals surface area (Å²) in [6, 6.07) is 10.4. The number of ketones is 1. The Morgan fingerprint density at radius 1 is 1.26 bits per heavy atom. The number of ether oxygens (including phenoxy) is 2. The molecule has 5 nitrogen and oxygen atoms in total. The summed E-state index contributed by atoms with van der Waals surface area (Å²) in [5.41, 5.74) is 2.12. The van der Waals surface area contributed by atoms with E-state index in [4.69, 9.17) is 9.47 Å². The highest BCUT2D eigenvalue weighted by atomic mass is 16.5. The fourth-order valence-corrected chi connectivity index (χ4v) is 2.70. The Balaban J connectivity index is 1.80. The third-order valence-electron chi connectivity index (χ3n) is 3.88. The molecular formula is C18H13NO4. The zero-order valence-electron chi connectivity index (χ0n) is 12.3. The number of benzene rings is 2. The number of hydrogen-bond donors (Lipinski definition) is 2. The number of para-hydroxylation sites is 1. The van der Waals surface area contributed by atoms with Gasteiger partial charge in [0.2, 0.25) is 5.78 Å². The van der Waals surface area contributed by atoms with Crippen LogP contribution in [-0.2, 0) is 0 Å². The van der Waals surface area contributed by atoms with Gasteiger partial charge in [0.1, 0.15) is 5.75 Å². The average Bonchev–Trinajstić information content (AvgIpc) is 3.11. The van der Waals surface area contributed by atoms with E-state index in [1.54, 1.807) is 31.5 Å². The lowest BCUT2D eigenvalue weighted by atomic mass is 10.1. The van der Waals surface area contributed by atoms with Crippen molar-refractivity contribution in [3.05, 3.63) is 59.5 Å². The van der Waals surface area contributed by atoms with E-state index in [-0.39, 0.29) is 23.0 Å². The van der Waals surface area contributed by atoms with Gasteiger partial charge in [0.05, 0.1) is 12.7 Å². The van der Waals surface area contributed by atoms with E-state index in [0.717, 1.165) is 22.2 Å². The van der Waals surface area contributed by atoms with E-state index in [0.29, 0.717) is 5.56 Å². The first kappa shape index (κ1) is 13.5. The molecule has 5 heteroatoms. The molecule has 2 heterocycles. The van der Waals surface area contributed by atoms with Crippen molar-refractivity contribution in [2.75, 3.05) is 7.11 Å². The number of fused-ring (bicyclic) bond motifs is 2. The van der Waals surface area contributed by atoms with Crippen LogP contribution < -0.4 is 9.47 Å². The number of carbonyl (C=O) groups excluding carboxylic acids is 1. The summed E-state index contributed by atoms with van der Waals surface area (Å²) in [4.78, 5) is 15.5. The molecule has 1 aliphatic heterocycles. The first-order valence-corrected chi connectivity index (χ1v) is 7.09. The van der Waals surface area contributed by atoms with Crippen molar-refractivity contribution in [3.63, 3.8) is 0 Å². The number of carbonyl (C=O) groups is 1. The zero-order valence-corrected chi connectivity index (χ0v) is 12.3. The molecule has 0 bridgehead atoms. The summed E-state index contributed by atoms with van der Waals surface area (Å²) < 4.78 is 10.8. The Labute approximate surface area is 131 Å². The number of aromatic amines is 1. The highest BCUT2D eigenvalue weighted by Crippen LogP contribution is 2.39. The van der Waals surface area contributed by atoms with Gasteiger partial charge in [0, 0.05) is 22.7 Å². The number of methoxy groups -OCH3 is 1. The SMILES string of the molecule is COc1ccc2[nH]cc(/C=C3/Oc4c(O)cccc4C3=O)c2c1. The average molecular weight is 307 g/mol. The van der Waals surface area contributed by atoms with E-state index in [9.17, 15) is 9.90 Å². The summed E-state index contributed by atoms with van der Waals surface area (Å²) in [5.74, 6) is 0.843. The number of H-pyrrole nitrogens is 1. The van der Waals surface area contributed by atoms with Gasteiger partial charge < -0.3 is 19.6 Å². The minimum atomic E-state index is -0.242. The summed E-state index contributed by atoms with van der Waals surface area (Å²) in [5, 5.41) is 10.7. The van der Waals surface area contributed by atoms with E-state index < -0.39 is 0 Å². The molecule has 0 unspecified atom stereocenters. The smallest absolute Gasteiger partial charge is 0.232 e. The van der Waals surface area contributed by atoms with Gasteiger partial charge in [-0.2, -0.15) is 0 Å². The van der Waals surface area contributed by atoms with Crippen molar-refractivity contribution in [2.24, 2.45) is 0 Å². The van der Waals surface area contributed by atoms with Crippen molar-refractivity contribution in [2.45, 2.75) is 0 Å². The minimum absolute atomic E-state index is 0.0418. The Bertz CT molecular complexity index is 968. The van der Waals surface area contributed by atoms with Crippen LogP contribution in [0.25, 0.3) is 17.0 Å². The van der Waals surface area contributed by atoms with E-state index in [1.807, 2.05) is 18.2 Å². The molecule has 0 aliphatic carbocycles. The van der Waals surface area contributed by atoms with Gasteiger partial charge in [0.25, 0.3) is 0 Å². The molecule has 0 atom stereocenters. The van der Waals surface area contributed by atoms with Crippen molar-refractivity contribution < 1.29 is 19.4 Å². The normalized spacial score (nSPS) is 15.0. The lowest BCUT2D eigenvalue weighted by molar-refractivity contribution is 0.101. The number of aromatic hydroxyl groups is 1. The minimum Gasteiger partial charge on any atom is -0.504 e. The maximum absolute atomic E-state index is 12.4. The van der Waals surface area contributed by atoms with Crippen LogP contribution in [-0.4, -0.2) is 23.0 Å². The number of allylic oxidation sites excluding steroid dienone is 1. The molecular weight excluding hydrogens is 294 g/mol. The molecule has 4 rings (SSSR count). The molecule has 1 aliphatic rings. The van der Waals surface area contributed by atoms with Crippen LogP contribution in [0.1, 0.15) is 15.9 Å². The molecule has 0 saturated carbocycles. The van der Waals surface area contributed by atoms with Crippen molar-refractivity contribution >= 4 is 22.8 Å². The first-order chi connectivity index (χ1) is 11.2. The fraction of sp³-hybridized carbons (Fsp3) is 0.0556. The van der Waals surface area contributed by atoms with Crippen LogP contribution in [0.15, 0.2) is 48.4 Å². The van der Waals surface area contributed by atoms with Crippen LogP contribution >= 0.6 is 0 Å². The molecule has 3 aromatic rings. The van der Waals surface area contributed by atoms with Gasteiger partial charge in [-0.15, -0.1) is 0 Å². The second-order valence-electron chi connectivity index (χ2n) is 5.25. The van der Waals surface area contributed by atoms with Crippen LogP contribution in [0.2, 0.25) is 0 Å². The first-order valence-electron chi connectivity index (χ1n) is 7.09. The van der Waals surface area contributed by atoms with Gasteiger partial charge in [-0.25, -0.2) is 0 Å². The third-order valence-corrected chi connectivity index (χ3v) is 3.88. The summed E-state index contributed by atoms with van der Waals surface area (Å²) >= 11 is 0. The fourth-order valence-electron chi connectivity index (χ4n) is 2.70. The van der Waals surface area contributed by atoms with Crippen molar-refractivity contribution in [1.82, 2.24) is 4.98 Å². The molecule has 23 heavy (non-hydrogen) atoms. The number of rotatable bonds is 2. The van der Waals surface area contributed by atoms with Crippen LogP contribution in [0.5, 0.6) is 17.2 Å². The standard InChI is InChI=1S/C18H13NO4/c1-22-11-5-6-14-13(8-11)10(9-19-14)7-16-17(21)12-3-2-4-15(20)18(12)23-16/h2-9,19-20H,1H3/b16-7+. The van der Waals surface area contributed by atoms with Gasteiger partial charge in [0.15, 0.2) is 17.3 Å². The van der Waals surface area contributed by atoms with Gasteiger partial charge in [-0.05, 0) is 36.4 Å². The van der Waals surface area contributed by atoms with Gasteiger partial charge >= 0.3 is 0 Å². The number of aromatic nitrogens is 1. The molecule has 1 aromatic heterocycles. The summed E-state index contributed by atoms with van der Waals surface area (Å²) in [6.45, 7) is 0. The third kappa shape index (κ3) is 2.05. The van der Waals surface area contributed by atoms with Gasteiger partial charge in [-0.3, -0.25) is 4.79 Å². The highest BCUT2D eigenvalue weighted by molar-refractivity contribution is 6.15. The number of phenols is 1. The van der Waals surface area contributed by atoms with Crippen molar-refractivity contribution in [3.8, 4) is 17.2 Å². The Hall–Kier alpha value is -3.21. The molecule has 0 amide bonds. The van der Waals surface area contributed by atoms with Crippen LogP contribution in [0.4, 0.5) is 0 Å². The van der Waals surface area contributed by atoms with Crippen molar-refractivity contribution in [1.29, 1.82) is 0 Å².